The van der Waals surface area contributed by atoms with Crippen molar-refractivity contribution in [3.63, 3.8) is 0 Å². The van der Waals surface area contributed by atoms with Crippen molar-refractivity contribution in [2.75, 3.05) is 19.8 Å². The normalized spacial score (nSPS) is 13.7. The molecule has 0 amide bonds. The fraction of sp³-hybridized carbons (Fsp3) is 0.440. The number of carboxylic acid groups (broad SMARTS) is 2. The first-order chi connectivity index (χ1) is 17.6. The molecule has 0 saturated heterocycles. The molecule has 38 heavy (non-hydrogen) atoms. The Morgan fingerprint density at radius 3 is 1.61 bits per heavy atom. The zero-order chi connectivity index (χ0) is 27.7. The van der Waals surface area contributed by atoms with Crippen molar-refractivity contribution in [3.8, 4) is 11.5 Å². The first-order valence-electron chi connectivity index (χ1n) is 11.6. The second-order valence-corrected chi connectivity index (χ2v) is 8.65. The molecule has 12 nitrogen and oxygen atoms in total. The summed E-state index contributed by atoms with van der Waals surface area (Å²) < 4.78 is 0. The summed E-state index contributed by atoms with van der Waals surface area (Å²) in [5.41, 5.74) is 0.945. The minimum atomic E-state index is -1.26. The van der Waals surface area contributed by atoms with Crippen LogP contribution in [0.3, 0.4) is 0 Å². The monoisotopic (exact) mass is 578 g/mol. The number of carboxylic acids is 2. The third-order valence-electron chi connectivity index (χ3n) is 6.38. The summed E-state index contributed by atoms with van der Waals surface area (Å²) in [4.78, 5) is 26.3. The molecule has 3 atom stereocenters. The van der Waals surface area contributed by atoms with Crippen LogP contribution in [0, 0.1) is 0 Å². The maximum absolute atomic E-state index is 12.0. The zero-order valence-corrected chi connectivity index (χ0v) is 21.9. The van der Waals surface area contributed by atoms with Crippen LogP contribution in [0.2, 0.25) is 0 Å². The SMILES string of the molecule is C[C@H](C(=O)O)N(Cc1cccc(CO)c1O)C(CO)C(CO)N(CC(=O)O)Cc1cccc(CO)c1O.[Fe+2]. The standard InChI is InChI=1S/C25H34N2O10.Fe/c1-15(25(36)37)27(9-17-5-3-7-19(12-29)24(17)35)21(14-31)20(13-30)26(10-22(32)33)8-16-4-2-6-18(11-28)23(16)34;/h2-7,15,20-21,28-31,34-35H,8-14H2,1H3,(H,32,33)(H,36,37);/q;+2/t15-,20?,21?;/m1./s1. The Morgan fingerprint density at radius 1 is 0.763 bits per heavy atom. The molecular weight excluding hydrogens is 544 g/mol. The van der Waals surface area contributed by atoms with Gasteiger partial charge in [-0.05, 0) is 6.92 Å². The summed E-state index contributed by atoms with van der Waals surface area (Å²) in [6.45, 7) is -1.95. The van der Waals surface area contributed by atoms with Crippen molar-refractivity contribution in [2.24, 2.45) is 0 Å². The molecule has 0 radical (unpaired) electrons. The molecule has 0 spiro atoms. The van der Waals surface area contributed by atoms with E-state index in [0.717, 1.165) is 0 Å². The second-order valence-electron chi connectivity index (χ2n) is 8.65. The number of nitrogens with zero attached hydrogens (tertiary/aromatic N) is 2. The van der Waals surface area contributed by atoms with Gasteiger partial charge in [0, 0.05) is 35.3 Å². The van der Waals surface area contributed by atoms with Crippen molar-refractivity contribution in [2.45, 2.75) is 51.4 Å². The van der Waals surface area contributed by atoms with Gasteiger partial charge in [0.2, 0.25) is 0 Å². The van der Waals surface area contributed by atoms with Crippen molar-refractivity contribution in [3.05, 3.63) is 58.7 Å². The average Bonchev–Trinajstić information content (AvgIpc) is 2.87. The molecule has 0 bridgehead atoms. The fourth-order valence-electron chi connectivity index (χ4n) is 4.29. The van der Waals surface area contributed by atoms with Gasteiger partial charge in [0.1, 0.15) is 17.5 Å². The van der Waals surface area contributed by atoms with Crippen molar-refractivity contribution < 1.29 is 67.5 Å². The quantitative estimate of drug-likeness (QED) is 0.128. The van der Waals surface area contributed by atoms with Gasteiger partial charge in [0.25, 0.3) is 0 Å². The van der Waals surface area contributed by atoms with Gasteiger partial charge in [0.05, 0.1) is 45.1 Å². The minimum Gasteiger partial charge on any atom is -0.507 e. The van der Waals surface area contributed by atoms with E-state index >= 15 is 0 Å². The fourth-order valence-corrected chi connectivity index (χ4v) is 4.29. The predicted molar refractivity (Wildman–Crippen MR) is 130 cm³/mol. The summed E-state index contributed by atoms with van der Waals surface area (Å²) >= 11 is 0. The van der Waals surface area contributed by atoms with E-state index in [1.807, 2.05) is 0 Å². The number of hydrogen-bond acceptors (Lipinski definition) is 10. The Kier molecular flexibility index (Phi) is 13.7. The van der Waals surface area contributed by atoms with E-state index in [2.05, 4.69) is 0 Å². The summed E-state index contributed by atoms with van der Waals surface area (Å²) in [6.07, 6.45) is 0. The molecule has 0 heterocycles. The topological polar surface area (TPSA) is 202 Å². The minimum absolute atomic E-state index is 0. The molecular formula is C25H34FeN2O10+2. The van der Waals surface area contributed by atoms with Crippen LogP contribution in [0.5, 0.6) is 11.5 Å². The molecule has 0 aliphatic heterocycles. The molecule has 0 fully saturated rings. The first kappa shape index (κ1) is 33.3. The zero-order valence-electron chi connectivity index (χ0n) is 20.8. The number of aliphatic hydroxyl groups excluding tert-OH is 4. The number of aliphatic carboxylic acids is 2. The molecule has 0 aromatic heterocycles. The van der Waals surface area contributed by atoms with Crippen LogP contribution < -0.4 is 0 Å². The van der Waals surface area contributed by atoms with E-state index in [-0.39, 0.29) is 63.9 Å². The van der Waals surface area contributed by atoms with Gasteiger partial charge in [-0.15, -0.1) is 0 Å². The maximum Gasteiger partial charge on any atom is 2.00 e. The van der Waals surface area contributed by atoms with Gasteiger partial charge in [-0.3, -0.25) is 19.4 Å². The van der Waals surface area contributed by atoms with Gasteiger partial charge in [-0.2, -0.15) is 0 Å². The number of hydrogen-bond donors (Lipinski definition) is 8. The Hall–Kier alpha value is -2.74. The number of phenols is 2. The van der Waals surface area contributed by atoms with Gasteiger partial charge in [-0.1, -0.05) is 36.4 Å². The van der Waals surface area contributed by atoms with Crippen molar-refractivity contribution in [1.82, 2.24) is 9.80 Å². The molecule has 2 aromatic rings. The molecule has 210 valence electrons. The van der Waals surface area contributed by atoms with Gasteiger partial charge < -0.3 is 40.9 Å². The second kappa shape index (κ2) is 15.6. The largest absolute Gasteiger partial charge is 2.00 e. The van der Waals surface area contributed by atoms with Crippen molar-refractivity contribution >= 4 is 11.9 Å². The van der Waals surface area contributed by atoms with Crippen LogP contribution >= 0.6 is 0 Å². The molecule has 13 heteroatoms. The Bertz CT molecular complexity index is 1070. The number of rotatable bonds is 15. The van der Waals surface area contributed by atoms with Crippen molar-refractivity contribution in [1.29, 1.82) is 0 Å². The summed E-state index contributed by atoms with van der Waals surface area (Å²) in [6, 6.07) is 5.66. The average molecular weight is 578 g/mol. The Labute approximate surface area is 230 Å². The molecule has 8 N–H and O–H groups in total. The smallest absolute Gasteiger partial charge is 0.507 e. The summed E-state index contributed by atoms with van der Waals surface area (Å²) in [7, 11) is 0. The van der Waals surface area contributed by atoms with E-state index < -0.39 is 63.0 Å². The number of aromatic hydroxyl groups is 2. The van der Waals surface area contributed by atoms with Gasteiger partial charge in [0.15, 0.2) is 0 Å². The van der Waals surface area contributed by atoms with E-state index in [0.29, 0.717) is 0 Å². The third kappa shape index (κ3) is 8.13. The van der Waals surface area contributed by atoms with E-state index in [1.165, 1.54) is 41.0 Å². The number of aliphatic hydroxyl groups is 4. The summed E-state index contributed by atoms with van der Waals surface area (Å²) in [5, 5.41) is 79.9. The van der Waals surface area contributed by atoms with Crippen LogP contribution in [0.4, 0.5) is 0 Å². The third-order valence-corrected chi connectivity index (χ3v) is 6.38. The molecule has 2 rings (SSSR count). The Morgan fingerprint density at radius 2 is 1.21 bits per heavy atom. The van der Waals surface area contributed by atoms with E-state index in [4.69, 9.17) is 0 Å². The summed E-state index contributed by atoms with van der Waals surface area (Å²) in [5.74, 6) is -3.03. The first-order valence-corrected chi connectivity index (χ1v) is 11.6. The van der Waals surface area contributed by atoms with Gasteiger partial charge in [-0.25, -0.2) is 0 Å². The van der Waals surface area contributed by atoms with Crippen LogP contribution in [-0.2, 0) is 53.0 Å². The van der Waals surface area contributed by atoms with Crippen LogP contribution in [0.25, 0.3) is 0 Å². The molecule has 0 aliphatic rings. The Balaban J connectivity index is 0.00000722. The molecule has 2 unspecified atom stereocenters. The molecule has 2 aromatic carbocycles. The maximum atomic E-state index is 12.0. The van der Waals surface area contributed by atoms with Crippen LogP contribution in [-0.4, -0.2) is 100 Å². The number of benzene rings is 2. The molecule has 0 saturated carbocycles. The van der Waals surface area contributed by atoms with Crippen LogP contribution in [0.15, 0.2) is 36.4 Å². The number of para-hydroxylation sites is 2. The van der Waals surface area contributed by atoms with E-state index in [1.54, 1.807) is 12.1 Å². The van der Waals surface area contributed by atoms with E-state index in [9.17, 15) is 50.4 Å². The van der Waals surface area contributed by atoms with Gasteiger partial charge >= 0.3 is 29.0 Å². The van der Waals surface area contributed by atoms with Crippen LogP contribution in [0.1, 0.15) is 29.2 Å². The predicted octanol–water partition coefficient (Wildman–Crippen LogP) is -0.336. The number of carbonyl (C=O) groups is 2. The molecule has 0 aliphatic carbocycles.